The molecule has 140 valence electrons. The summed E-state index contributed by atoms with van der Waals surface area (Å²) in [5, 5.41) is 2.62. The standard InChI is InChI=1S/C17H23N5O3S/c1-11-9-12(2)20-16(19-11)21-6-3-13(4-7-21)15(24)18-5-8-22-14(23)10-26-17(22)25/h9,13H,3-8,10H2,1-2H3,(H,18,24). The molecular formula is C17H23N5O3S. The lowest BCUT2D eigenvalue weighted by Gasteiger charge is -2.31. The van der Waals surface area contributed by atoms with Crippen molar-refractivity contribution in [1.29, 1.82) is 0 Å². The van der Waals surface area contributed by atoms with Crippen LogP contribution in [0.1, 0.15) is 24.2 Å². The first-order chi connectivity index (χ1) is 12.4. The van der Waals surface area contributed by atoms with Crippen LogP contribution in [0.4, 0.5) is 10.7 Å². The highest BCUT2D eigenvalue weighted by atomic mass is 32.2. The molecule has 0 radical (unpaired) electrons. The van der Waals surface area contributed by atoms with Crippen LogP contribution in [0.15, 0.2) is 6.07 Å². The van der Waals surface area contributed by atoms with Gasteiger partial charge in [-0.3, -0.25) is 19.3 Å². The van der Waals surface area contributed by atoms with Crippen molar-refractivity contribution >= 4 is 34.8 Å². The number of hydrogen-bond donors (Lipinski definition) is 1. The van der Waals surface area contributed by atoms with Gasteiger partial charge in [0.25, 0.3) is 5.24 Å². The lowest BCUT2D eigenvalue weighted by atomic mass is 9.96. The van der Waals surface area contributed by atoms with E-state index in [9.17, 15) is 14.4 Å². The van der Waals surface area contributed by atoms with E-state index in [2.05, 4.69) is 20.2 Å². The van der Waals surface area contributed by atoms with E-state index < -0.39 is 0 Å². The molecule has 2 fully saturated rings. The minimum Gasteiger partial charge on any atom is -0.354 e. The van der Waals surface area contributed by atoms with E-state index in [-0.39, 0.29) is 35.3 Å². The van der Waals surface area contributed by atoms with E-state index in [0.29, 0.717) is 6.54 Å². The summed E-state index contributed by atoms with van der Waals surface area (Å²) in [4.78, 5) is 47.7. The van der Waals surface area contributed by atoms with Crippen molar-refractivity contribution in [3.8, 4) is 0 Å². The summed E-state index contributed by atoms with van der Waals surface area (Å²) in [5.41, 5.74) is 1.88. The number of nitrogens with one attached hydrogen (secondary N) is 1. The molecule has 2 aliphatic heterocycles. The van der Waals surface area contributed by atoms with Crippen molar-refractivity contribution in [3.05, 3.63) is 17.5 Å². The highest BCUT2D eigenvalue weighted by Crippen LogP contribution is 2.21. The molecular weight excluding hydrogens is 354 g/mol. The average molecular weight is 377 g/mol. The third-order valence-electron chi connectivity index (χ3n) is 4.59. The Morgan fingerprint density at radius 1 is 1.23 bits per heavy atom. The first kappa shape index (κ1) is 18.6. The Labute approximate surface area is 156 Å². The largest absolute Gasteiger partial charge is 0.354 e. The smallest absolute Gasteiger partial charge is 0.288 e. The number of amides is 3. The molecule has 1 N–H and O–H groups in total. The topological polar surface area (TPSA) is 95.5 Å². The van der Waals surface area contributed by atoms with Gasteiger partial charge < -0.3 is 10.2 Å². The summed E-state index contributed by atoms with van der Waals surface area (Å²) in [6.07, 6.45) is 1.47. The van der Waals surface area contributed by atoms with Gasteiger partial charge in [0.15, 0.2) is 0 Å². The van der Waals surface area contributed by atoms with Crippen LogP contribution in [0.2, 0.25) is 0 Å². The normalized spacial score (nSPS) is 18.5. The number of hydrogen-bond acceptors (Lipinski definition) is 7. The Kier molecular flexibility index (Phi) is 5.75. The molecule has 3 rings (SSSR count). The minimum atomic E-state index is -0.231. The van der Waals surface area contributed by atoms with Gasteiger partial charge in [-0.05, 0) is 32.8 Å². The maximum atomic E-state index is 12.3. The SMILES string of the molecule is Cc1cc(C)nc(N2CCC(C(=O)NCCN3C(=O)CSC3=O)CC2)n1. The second kappa shape index (κ2) is 8.03. The Morgan fingerprint density at radius 3 is 2.46 bits per heavy atom. The number of piperidine rings is 1. The van der Waals surface area contributed by atoms with Gasteiger partial charge in [-0.2, -0.15) is 0 Å². The predicted molar refractivity (Wildman–Crippen MR) is 99.0 cm³/mol. The van der Waals surface area contributed by atoms with Crippen molar-refractivity contribution < 1.29 is 14.4 Å². The first-order valence-electron chi connectivity index (χ1n) is 8.76. The van der Waals surface area contributed by atoms with E-state index in [1.165, 1.54) is 4.90 Å². The zero-order valence-corrected chi connectivity index (χ0v) is 15.8. The molecule has 2 saturated heterocycles. The number of rotatable bonds is 5. The molecule has 0 saturated carbocycles. The molecule has 0 spiro atoms. The summed E-state index contributed by atoms with van der Waals surface area (Å²) < 4.78 is 0. The first-order valence-corrected chi connectivity index (χ1v) is 9.74. The molecule has 9 heteroatoms. The summed E-state index contributed by atoms with van der Waals surface area (Å²) in [5.74, 6) is 0.668. The van der Waals surface area contributed by atoms with Gasteiger partial charge in [0, 0.05) is 43.5 Å². The number of imide groups is 1. The van der Waals surface area contributed by atoms with Crippen molar-refractivity contribution in [1.82, 2.24) is 20.2 Å². The zero-order valence-electron chi connectivity index (χ0n) is 15.0. The summed E-state index contributed by atoms with van der Waals surface area (Å²) in [6, 6.07) is 1.94. The summed E-state index contributed by atoms with van der Waals surface area (Å²) in [6.45, 7) is 5.92. The van der Waals surface area contributed by atoms with Gasteiger partial charge in [0.1, 0.15) is 0 Å². The van der Waals surface area contributed by atoms with E-state index in [1.807, 2.05) is 19.9 Å². The molecule has 3 amide bonds. The van der Waals surface area contributed by atoms with Crippen molar-refractivity contribution in [2.75, 3.05) is 36.8 Å². The minimum absolute atomic E-state index is 0.0160. The maximum Gasteiger partial charge on any atom is 0.288 e. The monoisotopic (exact) mass is 377 g/mol. The van der Waals surface area contributed by atoms with Gasteiger partial charge in [0.05, 0.1) is 5.75 Å². The second-order valence-corrected chi connectivity index (χ2v) is 7.53. The van der Waals surface area contributed by atoms with Gasteiger partial charge >= 0.3 is 0 Å². The Balaban J connectivity index is 1.45. The van der Waals surface area contributed by atoms with Gasteiger partial charge in [-0.15, -0.1) is 0 Å². The highest BCUT2D eigenvalue weighted by Gasteiger charge is 2.30. The third kappa shape index (κ3) is 4.32. The molecule has 3 heterocycles. The third-order valence-corrected chi connectivity index (χ3v) is 5.45. The van der Waals surface area contributed by atoms with Crippen LogP contribution in [-0.4, -0.2) is 63.9 Å². The quantitative estimate of drug-likeness (QED) is 0.821. The molecule has 0 atom stereocenters. The van der Waals surface area contributed by atoms with Crippen molar-refractivity contribution in [2.45, 2.75) is 26.7 Å². The highest BCUT2D eigenvalue weighted by molar-refractivity contribution is 8.14. The molecule has 1 aromatic heterocycles. The van der Waals surface area contributed by atoms with Crippen molar-refractivity contribution in [3.63, 3.8) is 0 Å². The molecule has 1 aromatic rings. The van der Waals surface area contributed by atoms with Crippen LogP contribution in [-0.2, 0) is 9.59 Å². The molecule has 0 aromatic carbocycles. The Morgan fingerprint density at radius 2 is 1.88 bits per heavy atom. The fraction of sp³-hybridized carbons (Fsp3) is 0.588. The number of nitrogens with zero attached hydrogens (tertiary/aromatic N) is 4. The number of carbonyl (C=O) groups excluding carboxylic acids is 3. The molecule has 2 aliphatic rings. The second-order valence-electron chi connectivity index (χ2n) is 6.60. The van der Waals surface area contributed by atoms with E-state index in [4.69, 9.17) is 0 Å². The van der Waals surface area contributed by atoms with Gasteiger partial charge in [-0.1, -0.05) is 11.8 Å². The van der Waals surface area contributed by atoms with Crippen molar-refractivity contribution in [2.24, 2.45) is 5.92 Å². The van der Waals surface area contributed by atoms with Crippen LogP contribution >= 0.6 is 11.8 Å². The van der Waals surface area contributed by atoms with E-state index in [0.717, 1.165) is 55.0 Å². The van der Waals surface area contributed by atoms with E-state index >= 15 is 0 Å². The zero-order chi connectivity index (χ0) is 18.7. The summed E-state index contributed by atoms with van der Waals surface area (Å²) in [7, 11) is 0. The van der Waals surface area contributed by atoms with Crippen LogP contribution in [0.25, 0.3) is 0 Å². The fourth-order valence-corrected chi connectivity index (χ4v) is 3.97. The average Bonchev–Trinajstić information content (AvgIpc) is 2.93. The number of anilines is 1. The van der Waals surface area contributed by atoms with Crippen LogP contribution in [0.3, 0.4) is 0 Å². The fourth-order valence-electron chi connectivity index (χ4n) is 3.22. The Hall–Kier alpha value is -2.16. The predicted octanol–water partition coefficient (Wildman–Crippen LogP) is 1.12. The molecule has 26 heavy (non-hydrogen) atoms. The van der Waals surface area contributed by atoms with E-state index in [1.54, 1.807) is 0 Å². The lowest BCUT2D eigenvalue weighted by molar-refractivity contribution is -0.127. The van der Waals surface area contributed by atoms with Crippen LogP contribution in [0, 0.1) is 19.8 Å². The van der Waals surface area contributed by atoms with Gasteiger partial charge in [0.2, 0.25) is 17.8 Å². The number of carbonyl (C=O) groups is 3. The number of aromatic nitrogens is 2. The van der Waals surface area contributed by atoms with Crippen LogP contribution < -0.4 is 10.2 Å². The van der Waals surface area contributed by atoms with Gasteiger partial charge in [-0.25, -0.2) is 9.97 Å². The van der Waals surface area contributed by atoms with Crippen LogP contribution in [0.5, 0.6) is 0 Å². The number of aryl methyl sites for hydroxylation is 2. The molecule has 0 aliphatic carbocycles. The molecule has 8 nitrogen and oxygen atoms in total. The Bertz CT molecular complexity index is 682. The maximum absolute atomic E-state index is 12.3. The number of thioether (sulfide) groups is 1. The molecule has 0 bridgehead atoms. The lowest BCUT2D eigenvalue weighted by Crippen LogP contribution is -2.43. The molecule has 0 unspecified atom stereocenters. The summed E-state index contributed by atoms with van der Waals surface area (Å²) >= 11 is 1.01.